The fourth-order valence-corrected chi connectivity index (χ4v) is 5.55. The number of rotatable bonds is 13. The summed E-state index contributed by atoms with van der Waals surface area (Å²) in [6.07, 6.45) is 4.72. The van der Waals surface area contributed by atoms with Gasteiger partial charge in [0, 0.05) is 44.4 Å². The second kappa shape index (κ2) is 14.5. The number of hydrogen-bond acceptors (Lipinski definition) is 7. The fraction of sp³-hybridized carbons (Fsp3) is 0.100. The van der Waals surface area contributed by atoms with Crippen LogP contribution in [0.4, 0.5) is 44.2 Å². The summed E-state index contributed by atoms with van der Waals surface area (Å²) in [7, 11) is 0. The highest BCUT2D eigenvalue weighted by Crippen LogP contribution is 2.37. The molecule has 0 bridgehead atoms. The van der Waals surface area contributed by atoms with Crippen molar-refractivity contribution < 1.29 is 4.39 Å². The maximum atomic E-state index is 13.3. The molecule has 0 saturated carbocycles. The van der Waals surface area contributed by atoms with Crippen LogP contribution >= 0.6 is 0 Å². The molecule has 0 radical (unpaired) electrons. The predicted molar refractivity (Wildman–Crippen MR) is 203 cm³/mol. The number of benzene rings is 6. The normalized spacial score (nSPS) is 11.7. The van der Waals surface area contributed by atoms with Gasteiger partial charge in [-0.05, 0) is 74.0 Å². The van der Waals surface area contributed by atoms with E-state index in [9.17, 15) is 4.39 Å². The summed E-state index contributed by atoms with van der Waals surface area (Å²) in [4.78, 5) is 0. The maximum Gasteiger partial charge on any atom is 0.123 e. The van der Waals surface area contributed by atoms with E-state index in [2.05, 4.69) is 66.2 Å². The van der Waals surface area contributed by atoms with E-state index in [0.29, 0.717) is 6.04 Å². The molecule has 8 heteroatoms. The molecule has 0 aromatic heterocycles. The van der Waals surface area contributed by atoms with E-state index in [4.69, 9.17) is 10.2 Å². The molecule has 240 valence electrons. The first-order valence-electron chi connectivity index (χ1n) is 15.9. The van der Waals surface area contributed by atoms with E-state index in [1.165, 1.54) is 12.1 Å². The van der Waals surface area contributed by atoms with E-state index in [-0.39, 0.29) is 5.82 Å². The quantitative estimate of drug-likeness (QED) is 0.0644. The van der Waals surface area contributed by atoms with Gasteiger partial charge >= 0.3 is 0 Å². The molecule has 1 atom stereocenters. The van der Waals surface area contributed by atoms with Crippen LogP contribution in [-0.2, 0) is 0 Å². The smallest absolute Gasteiger partial charge is 0.123 e. The number of hydrazine groups is 2. The fourth-order valence-electron chi connectivity index (χ4n) is 5.55. The van der Waals surface area contributed by atoms with Gasteiger partial charge in [0.15, 0.2) is 0 Å². The van der Waals surface area contributed by atoms with Crippen LogP contribution in [0.25, 0.3) is 33.7 Å². The molecule has 0 aliphatic rings. The van der Waals surface area contributed by atoms with Gasteiger partial charge in [0.25, 0.3) is 0 Å². The Balaban J connectivity index is 1.25. The number of anilines is 5. The SMILES string of the molecule is C=Cc1c(NNc2ccc(/N=N/c3ccc(NNc4ccc(F)cc4)c4ccccc34)c3ccccc23)ccc(NC(C)CC)c1C=C. The highest BCUT2D eigenvalue weighted by molar-refractivity contribution is 6.02. The summed E-state index contributed by atoms with van der Waals surface area (Å²) in [5.74, 6) is -0.281. The Morgan fingerprint density at radius 2 is 1.04 bits per heavy atom. The van der Waals surface area contributed by atoms with Crippen molar-refractivity contribution in [2.45, 2.75) is 26.3 Å². The molecule has 5 N–H and O–H groups in total. The number of halogens is 1. The van der Waals surface area contributed by atoms with Gasteiger partial charge in [0.1, 0.15) is 5.82 Å². The summed E-state index contributed by atoms with van der Waals surface area (Å²) in [6.45, 7) is 12.4. The molecule has 0 aliphatic heterocycles. The molecular weight excluding hydrogens is 597 g/mol. The largest absolute Gasteiger partial charge is 0.382 e. The first-order chi connectivity index (χ1) is 23.5. The van der Waals surface area contributed by atoms with Crippen molar-refractivity contribution in [2.75, 3.05) is 27.0 Å². The average Bonchev–Trinajstić information content (AvgIpc) is 3.13. The van der Waals surface area contributed by atoms with Crippen LogP contribution in [0.15, 0.2) is 133 Å². The Kier molecular flexibility index (Phi) is 9.62. The predicted octanol–water partition coefficient (Wildman–Crippen LogP) is 11.9. The lowest BCUT2D eigenvalue weighted by Gasteiger charge is -2.20. The number of hydrogen-bond donors (Lipinski definition) is 5. The van der Waals surface area contributed by atoms with Crippen LogP contribution in [-0.4, -0.2) is 6.04 Å². The van der Waals surface area contributed by atoms with Crippen molar-refractivity contribution in [2.24, 2.45) is 10.2 Å². The lowest BCUT2D eigenvalue weighted by Crippen LogP contribution is -2.15. The summed E-state index contributed by atoms with van der Waals surface area (Å²) in [6, 6.07) is 34.6. The van der Waals surface area contributed by atoms with Gasteiger partial charge in [-0.25, -0.2) is 4.39 Å². The molecule has 6 aromatic rings. The lowest BCUT2D eigenvalue weighted by molar-refractivity contribution is 0.628. The van der Waals surface area contributed by atoms with Gasteiger partial charge in [0.2, 0.25) is 0 Å². The van der Waals surface area contributed by atoms with E-state index in [1.54, 1.807) is 12.1 Å². The van der Waals surface area contributed by atoms with Gasteiger partial charge in [-0.2, -0.15) is 0 Å². The van der Waals surface area contributed by atoms with Crippen LogP contribution in [0, 0.1) is 5.82 Å². The van der Waals surface area contributed by atoms with Gasteiger partial charge in [-0.3, -0.25) is 0 Å². The van der Waals surface area contributed by atoms with Crippen molar-refractivity contribution in [3.05, 3.63) is 139 Å². The third kappa shape index (κ3) is 6.83. The number of fused-ring (bicyclic) bond motifs is 2. The van der Waals surface area contributed by atoms with Crippen molar-refractivity contribution in [3.8, 4) is 0 Å². The molecule has 0 fully saturated rings. The molecule has 0 spiro atoms. The Labute approximate surface area is 280 Å². The third-order valence-electron chi connectivity index (χ3n) is 8.29. The van der Waals surface area contributed by atoms with Crippen LogP contribution in [0.2, 0.25) is 0 Å². The molecule has 48 heavy (non-hydrogen) atoms. The van der Waals surface area contributed by atoms with Gasteiger partial charge in [-0.15, -0.1) is 10.2 Å². The highest BCUT2D eigenvalue weighted by atomic mass is 19.1. The first kappa shape index (κ1) is 31.8. The van der Waals surface area contributed by atoms with Crippen LogP contribution in [0.5, 0.6) is 0 Å². The molecule has 6 aromatic carbocycles. The van der Waals surface area contributed by atoms with Gasteiger partial charge < -0.3 is 27.0 Å². The Morgan fingerprint density at radius 1 is 0.583 bits per heavy atom. The minimum absolute atomic E-state index is 0.281. The van der Waals surface area contributed by atoms with Crippen LogP contribution < -0.4 is 27.0 Å². The number of nitrogens with one attached hydrogen (secondary N) is 5. The van der Waals surface area contributed by atoms with Gasteiger partial charge in [-0.1, -0.05) is 80.8 Å². The van der Waals surface area contributed by atoms with E-state index in [0.717, 1.165) is 78.9 Å². The Bertz CT molecular complexity index is 2120. The molecule has 7 nitrogen and oxygen atoms in total. The molecule has 1 unspecified atom stereocenters. The second-order valence-electron chi connectivity index (χ2n) is 11.4. The molecule has 6 rings (SSSR count). The molecule has 0 heterocycles. The second-order valence-corrected chi connectivity index (χ2v) is 11.4. The molecular formula is C40H38FN7. The molecule has 0 saturated heterocycles. The van der Waals surface area contributed by atoms with Gasteiger partial charge in [0.05, 0.1) is 34.1 Å². The molecule has 0 amide bonds. The summed E-state index contributed by atoms with van der Waals surface area (Å²) >= 11 is 0. The zero-order valence-electron chi connectivity index (χ0n) is 27.0. The number of nitrogens with zero attached hydrogens (tertiary/aromatic N) is 2. The zero-order chi connectivity index (χ0) is 33.5. The maximum absolute atomic E-state index is 13.3. The number of azo groups is 1. The lowest BCUT2D eigenvalue weighted by atomic mass is 10.0. The van der Waals surface area contributed by atoms with Crippen molar-refractivity contribution in [1.82, 2.24) is 0 Å². The monoisotopic (exact) mass is 635 g/mol. The summed E-state index contributed by atoms with van der Waals surface area (Å²) in [5.41, 5.74) is 21.0. The minimum atomic E-state index is -0.281. The Morgan fingerprint density at radius 3 is 1.58 bits per heavy atom. The Hall–Kier alpha value is -6.15. The molecule has 0 aliphatic carbocycles. The van der Waals surface area contributed by atoms with E-state index in [1.807, 2.05) is 84.9 Å². The first-order valence-corrected chi connectivity index (χ1v) is 15.9. The third-order valence-corrected chi connectivity index (χ3v) is 8.29. The van der Waals surface area contributed by atoms with Crippen LogP contribution in [0.3, 0.4) is 0 Å². The van der Waals surface area contributed by atoms with Crippen molar-refractivity contribution in [1.29, 1.82) is 0 Å². The van der Waals surface area contributed by atoms with Crippen molar-refractivity contribution >= 4 is 73.5 Å². The van der Waals surface area contributed by atoms with Crippen molar-refractivity contribution in [3.63, 3.8) is 0 Å². The summed E-state index contributed by atoms with van der Waals surface area (Å²) in [5, 5.41) is 16.8. The van der Waals surface area contributed by atoms with Crippen LogP contribution in [0.1, 0.15) is 31.4 Å². The zero-order valence-corrected chi connectivity index (χ0v) is 27.0. The van der Waals surface area contributed by atoms with E-state index < -0.39 is 0 Å². The topological polar surface area (TPSA) is 84.9 Å². The standard InChI is InChI=1S/C40H38FN7/c1-5-26(4)42-35-20-21-36(30(7-3)29(35)6-2)45-46-38-24-25-40(34-15-11-10-14-33(34)38)48-47-39-23-22-37(31-12-8-9-13-32(31)39)44-43-28-18-16-27(41)17-19-28/h6-26,42-46H,2-3,5H2,1,4H3/b48-47+. The average molecular weight is 636 g/mol. The summed E-state index contributed by atoms with van der Waals surface area (Å²) < 4.78 is 13.3. The van der Waals surface area contributed by atoms with E-state index >= 15 is 0 Å². The highest BCUT2D eigenvalue weighted by Gasteiger charge is 2.12. The minimum Gasteiger partial charge on any atom is -0.382 e.